The molecule has 5 heteroatoms. The van der Waals surface area contributed by atoms with Crippen LogP contribution < -0.4 is 5.32 Å². The van der Waals surface area contributed by atoms with Crippen molar-refractivity contribution in [2.24, 2.45) is 5.92 Å². The van der Waals surface area contributed by atoms with E-state index in [1.54, 1.807) is 0 Å². The maximum atomic E-state index is 12.6. The Labute approximate surface area is 119 Å². The lowest BCUT2D eigenvalue weighted by atomic mass is 10.1. The lowest BCUT2D eigenvalue weighted by Crippen LogP contribution is -2.38. The van der Waals surface area contributed by atoms with E-state index in [1.807, 2.05) is 18.9 Å². The van der Waals surface area contributed by atoms with Gasteiger partial charge >= 0.3 is 0 Å². The van der Waals surface area contributed by atoms with E-state index in [9.17, 15) is 4.79 Å². The van der Waals surface area contributed by atoms with Crippen LogP contribution in [0.2, 0.25) is 0 Å². The molecule has 2 rings (SSSR count). The Balaban J connectivity index is 2.17. The highest BCUT2D eigenvalue weighted by Gasteiger charge is 2.27. The number of carbonyl (C=O) groups is 1. The van der Waals surface area contributed by atoms with Crippen molar-refractivity contribution >= 4 is 17.2 Å². The third-order valence-electron chi connectivity index (χ3n) is 3.50. The molecule has 0 aromatic carbocycles. The fraction of sp³-hybridized carbons (Fsp3) is 0.714. The first-order chi connectivity index (χ1) is 8.99. The Morgan fingerprint density at radius 1 is 1.58 bits per heavy atom. The number of carbonyl (C=O) groups excluding carboxylic acids is 1. The minimum atomic E-state index is 0.134. The molecule has 1 aromatic rings. The molecule has 1 fully saturated rings. The van der Waals surface area contributed by atoms with Gasteiger partial charge in [0.05, 0.1) is 10.7 Å². The topological polar surface area (TPSA) is 45.2 Å². The molecule has 1 unspecified atom stereocenters. The van der Waals surface area contributed by atoms with Crippen LogP contribution in [-0.4, -0.2) is 42.0 Å². The van der Waals surface area contributed by atoms with Crippen molar-refractivity contribution in [2.45, 2.75) is 39.7 Å². The summed E-state index contributed by atoms with van der Waals surface area (Å²) in [5.41, 5.74) is 0.973. The quantitative estimate of drug-likeness (QED) is 0.919. The van der Waals surface area contributed by atoms with Crippen molar-refractivity contribution in [1.29, 1.82) is 0 Å². The Morgan fingerprint density at radius 2 is 2.32 bits per heavy atom. The van der Waals surface area contributed by atoms with Crippen LogP contribution in [0.1, 0.15) is 40.6 Å². The molecule has 1 saturated heterocycles. The van der Waals surface area contributed by atoms with Gasteiger partial charge in [-0.3, -0.25) is 4.79 Å². The Kier molecular flexibility index (Phi) is 4.58. The minimum absolute atomic E-state index is 0.134. The van der Waals surface area contributed by atoms with E-state index in [2.05, 4.69) is 24.1 Å². The second kappa shape index (κ2) is 6.01. The molecule has 2 heterocycles. The Hall–Kier alpha value is -0.940. The van der Waals surface area contributed by atoms with Gasteiger partial charge in [-0.1, -0.05) is 13.8 Å². The van der Waals surface area contributed by atoms with Gasteiger partial charge in [-0.05, 0) is 32.2 Å². The van der Waals surface area contributed by atoms with Crippen LogP contribution in [0, 0.1) is 12.8 Å². The smallest absolute Gasteiger partial charge is 0.265 e. The number of likely N-dealkylation sites (N-methyl/N-ethyl adjacent to an activating group) is 1. The average Bonchev–Trinajstić information content (AvgIpc) is 2.96. The summed E-state index contributed by atoms with van der Waals surface area (Å²) in [5.74, 6) is 0.654. The molecule has 1 aliphatic rings. The molecule has 0 spiro atoms. The van der Waals surface area contributed by atoms with Crippen molar-refractivity contribution in [2.75, 3.05) is 20.1 Å². The van der Waals surface area contributed by atoms with Crippen LogP contribution in [0.5, 0.6) is 0 Å². The monoisotopic (exact) mass is 281 g/mol. The number of aromatic nitrogens is 1. The normalized spacial score (nSPS) is 19.1. The summed E-state index contributed by atoms with van der Waals surface area (Å²) in [6.07, 6.45) is 1.92. The summed E-state index contributed by atoms with van der Waals surface area (Å²) in [6.45, 7) is 8.20. The molecule has 1 amide bonds. The zero-order chi connectivity index (χ0) is 14.0. The standard InChI is InChI=1S/C14H23N3OS/c1-9(2)7-12-13(19-10(3)16-12)14(18)17(4)11-5-6-15-8-11/h9,11,15H,5-8H2,1-4H3. The predicted molar refractivity (Wildman–Crippen MR) is 78.8 cm³/mol. The van der Waals surface area contributed by atoms with Crippen molar-refractivity contribution in [1.82, 2.24) is 15.2 Å². The van der Waals surface area contributed by atoms with E-state index in [0.29, 0.717) is 12.0 Å². The van der Waals surface area contributed by atoms with Gasteiger partial charge in [0.1, 0.15) is 4.88 Å². The number of hydrogen-bond acceptors (Lipinski definition) is 4. The molecule has 0 bridgehead atoms. The van der Waals surface area contributed by atoms with Gasteiger partial charge in [-0.15, -0.1) is 11.3 Å². The van der Waals surface area contributed by atoms with Crippen LogP contribution in [0.4, 0.5) is 0 Å². The lowest BCUT2D eigenvalue weighted by Gasteiger charge is -2.23. The molecule has 4 nitrogen and oxygen atoms in total. The summed E-state index contributed by atoms with van der Waals surface area (Å²) in [5, 5.41) is 4.29. The molecular weight excluding hydrogens is 258 g/mol. The number of nitrogens with zero attached hydrogens (tertiary/aromatic N) is 2. The first kappa shape index (κ1) is 14.5. The zero-order valence-electron chi connectivity index (χ0n) is 12.2. The Bertz CT molecular complexity index is 450. The number of hydrogen-bond donors (Lipinski definition) is 1. The summed E-state index contributed by atoms with van der Waals surface area (Å²) < 4.78 is 0. The van der Waals surface area contributed by atoms with Crippen LogP contribution in [0.25, 0.3) is 0 Å². The second-order valence-electron chi connectivity index (χ2n) is 5.67. The Morgan fingerprint density at radius 3 is 2.89 bits per heavy atom. The van der Waals surface area contributed by atoms with E-state index in [1.165, 1.54) is 11.3 Å². The van der Waals surface area contributed by atoms with Crippen LogP contribution in [0.15, 0.2) is 0 Å². The van der Waals surface area contributed by atoms with Gasteiger partial charge in [0, 0.05) is 19.6 Å². The number of aryl methyl sites for hydroxylation is 1. The van der Waals surface area contributed by atoms with Gasteiger partial charge < -0.3 is 10.2 Å². The highest BCUT2D eigenvalue weighted by Crippen LogP contribution is 2.23. The van der Waals surface area contributed by atoms with Crippen molar-refractivity contribution < 1.29 is 4.79 Å². The molecule has 19 heavy (non-hydrogen) atoms. The van der Waals surface area contributed by atoms with Gasteiger partial charge in [0.2, 0.25) is 0 Å². The van der Waals surface area contributed by atoms with E-state index >= 15 is 0 Å². The maximum absolute atomic E-state index is 12.6. The van der Waals surface area contributed by atoms with Crippen molar-refractivity contribution in [3.8, 4) is 0 Å². The number of nitrogens with one attached hydrogen (secondary N) is 1. The molecule has 0 saturated carbocycles. The molecule has 0 radical (unpaired) electrons. The summed E-state index contributed by atoms with van der Waals surface area (Å²) >= 11 is 1.53. The first-order valence-electron chi connectivity index (χ1n) is 6.93. The number of thiazole rings is 1. The van der Waals surface area contributed by atoms with Crippen LogP contribution >= 0.6 is 11.3 Å². The SMILES string of the molecule is Cc1nc(CC(C)C)c(C(=O)N(C)C2CCNC2)s1. The lowest BCUT2D eigenvalue weighted by molar-refractivity contribution is 0.0747. The molecule has 1 aliphatic heterocycles. The first-order valence-corrected chi connectivity index (χ1v) is 7.75. The third kappa shape index (κ3) is 3.34. The summed E-state index contributed by atoms with van der Waals surface area (Å²) in [4.78, 5) is 19.9. The van der Waals surface area contributed by atoms with E-state index < -0.39 is 0 Å². The van der Waals surface area contributed by atoms with Crippen LogP contribution in [-0.2, 0) is 6.42 Å². The zero-order valence-corrected chi connectivity index (χ0v) is 13.0. The van der Waals surface area contributed by atoms with Gasteiger partial charge in [0.25, 0.3) is 5.91 Å². The maximum Gasteiger partial charge on any atom is 0.265 e. The van der Waals surface area contributed by atoms with Crippen molar-refractivity contribution in [3.05, 3.63) is 15.6 Å². The van der Waals surface area contributed by atoms with E-state index in [4.69, 9.17) is 0 Å². The van der Waals surface area contributed by atoms with Gasteiger partial charge in [-0.2, -0.15) is 0 Å². The molecule has 1 atom stereocenters. The minimum Gasteiger partial charge on any atom is -0.337 e. The van der Waals surface area contributed by atoms with Crippen LogP contribution in [0.3, 0.4) is 0 Å². The highest BCUT2D eigenvalue weighted by molar-refractivity contribution is 7.13. The molecule has 0 aliphatic carbocycles. The second-order valence-corrected chi connectivity index (χ2v) is 6.87. The number of rotatable bonds is 4. The summed E-state index contributed by atoms with van der Waals surface area (Å²) in [7, 11) is 1.91. The van der Waals surface area contributed by atoms with Gasteiger partial charge in [0.15, 0.2) is 0 Å². The van der Waals surface area contributed by atoms with Crippen molar-refractivity contribution in [3.63, 3.8) is 0 Å². The molecule has 106 valence electrons. The van der Waals surface area contributed by atoms with Gasteiger partial charge in [-0.25, -0.2) is 4.98 Å². The molecular formula is C14H23N3OS. The molecule has 1 aromatic heterocycles. The number of amides is 1. The summed E-state index contributed by atoms with van der Waals surface area (Å²) in [6, 6.07) is 0.321. The van der Waals surface area contributed by atoms with E-state index in [-0.39, 0.29) is 5.91 Å². The fourth-order valence-corrected chi connectivity index (χ4v) is 3.39. The average molecular weight is 281 g/mol. The third-order valence-corrected chi connectivity index (χ3v) is 4.50. The largest absolute Gasteiger partial charge is 0.337 e. The van der Waals surface area contributed by atoms with E-state index in [0.717, 1.165) is 41.5 Å². The highest BCUT2D eigenvalue weighted by atomic mass is 32.1. The predicted octanol–water partition coefficient (Wildman–Crippen LogP) is 2.08. The molecule has 1 N–H and O–H groups in total. The fourth-order valence-electron chi connectivity index (χ4n) is 2.46.